The first-order valence-corrected chi connectivity index (χ1v) is 11.8. The quantitative estimate of drug-likeness (QED) is 0.511. The number of aliphatic hydroxyl groups excluding tert-OH is 4. The SMILES string of the molecule is O=S1(=O)CCOc2ccc(Cc3cc(C4OC(CO)C(O)C(O)C4O)ccc3Cl)cc21. The predicted octanol–water partition coefficient (Wildman–Crippen LogP) is 0.612. The molecule has 5 atom stereocenters. The molecule has 10 heteroatoms. The molecule has 0 amide bonds. The number of hydrogen-bond acceptors (Lipinski definition) is 8. The smallest absolute Gasteiger partial charge is 0.185 e. The molecule has 2 aromatic carbocycles. The Balaban J connectivity index is 1.64. The van der Waals surface area contributed by atoms with Crippen LogP contribution in [0.2, 0.25) is 5.02 Å². The second kappa shape index (κ2) is 8.67. The average molecular weight is 471 g/mol. The van der Waals surface area contributed by atoms with Gasteiger partial charge in [-0.3, -0.25) is 0 Å². The minimum atomic E-state index is -3.41. The molecule has 0 spiro atoms. The Bertz CT molecular complexity index is 1070. The van der Waals surface area contributed by atoms with Crippen molar-refractivity contribution in [2.24, 2.45) is 0 Å². The third-order valence-corrected chi connectivity index (χ3v) is 7.70. The van der Waals surface area contributed by atoms with E-state index in [4.69, 9.17) is 21.1 Å². The second-order valence-corrected chi connectivity index (χ2v) is 10.2. The molecular weight excluding hydrogens is 448 g/mol. The van der Waals surface area contributed by atoms with Gasteiger partial charge in [0.1, 0.15) is 47.8 Å². The summed E-state index contributed by atoms with van der Waals surface area (Å²) in [5.41, 5.74) is 1.87. The van der Waals surface area contributed by atoms with Gasteiger partial charge in [-0.15, -0.1) is 0 Å². The lowest BCUT2D eigenvalue weighted by Crippen LogP contribution is -2.55. The number of hydrogen-bond donors (Lipinski definition) is 4. The van der Waals surface area contributed by atoms with Crippen molar-refractivity contribution in [3.8, 4) is 5.75 Å². The maximum absolute atomic E-state index is 12.3. The predicted molar refractivity (Wildman–Crippen MR) is 111 cm³/mol. The van der Waals surface area contributed by atoms with Gasteiger partial charge in [0.2, 0.25) is 0 Å². The second-order valence-electron chi connectivity index (χ2n) is 7.73. The monoisotopic (exact) mass is 470 g/mol. The Kier molecular flexibility index (Phi) is 6.28. The first-order valence-electron chi connectivity index (χ1n) is 9.78. The Hall–Kier alpha value is -1.72. The van der Waals surface area contributed by atoms with Gasteiger partial charge in [0.15, 0.2) is 9.84 Å². The summed E-state index contributed by atoms with van der Waals surface area (Å²) in [6.45, 7) is -0.394. The molecule has 2 aliphatic heterocycles. The molecule has 4 N–H and O–H groups in total. The van der Waals surface area contributed by atoms with Crippen molar-refractivity contribution in [3.63, 3.8) is 0 Å². The van der Waals surface area contributed by atoms with Crippen LogP contribution in [-0.2, 0) is 21.0 Å². The summed E-state index contributed by atoms with van der Waals surface area (Å²) in [7, 11) is -3.41. The van der Waals surface area contributed by atoms with Gasteiger partial charge in [-0.1, -0.05) is 29.8 Å². The lowest BCUT2D eigenvalue weighted by Gasteiger charge is -2.40. The van der Waals surface area contributed by atoms with Crippen LogP contribution in [0.5, 0.6) is 5.75 Å². The molecular formula is C21H23ClO8S. The summed E-state index contributed by atoms with van der Waals surface area (Å²) < 4.78 is 35.7. The molecule has 168 valence electrons. The molecule has 2 heterocycles. The number of sulfone groups is 1. The van der Waals surface area contributed by atoms with Crippen LogP contribution >= 0.6 is 11.6 Å². The van der Waals surface area contributed by atoms with Crippen LogP contribution in [0.1, 0.15) is 22.8 Å². The van der Waals surface area contributed by atoms with Crippen molar-refractivity contribution in [3.05, 3.63) is 58.1 Å². The van der Waals surface area contributed by atoms with Gasteiger partial charge >= 0.3 is 0 Å². The summed E-state index contributed by atoms with van der Waals surface area (Å²) in [5, 5.41) is 40.3. The van der Waals surface area contributed by atoms with E-state index < -0.39 is 47.0 Å². The first kappa shape index (κ1) is 22.5. The molecule has 2 aliphatic rings. The highest BCUT2D eigenvalue weighted by Gasteiger charge is 2.44. The molecule has 31 heavy (non-hydrogen) atoms. The van der Waals surface area contributed by atoms with Crippen LogP contribution < -0.4 is 4.74 Å². The highest BCUT2D eigenvalue weighted by atomic mass is 35.5. The minimum absolute atomic E-state index is 0.0726. The van der Waals surface area contributed by atoms with E-state index in [-0.39, 0.29) is 17.3 Å². The maximum atomic E-state index is 12.3. The molecule has 0 bridgehead atoms. The molecule has 8 nitrogen and oxygen atoms in total. The van der Waals surface area contributed by atoms with E-state index >= 15 is 0 Å². The zero-order valence-corrected chi connectivity index (χ0v) is 18.0. The Morgan fingerprint density at radius 2 is 1.81 bits per heavy atom. The van der Waals surface area contributed by atoms with E-state index in [1.165, 1.54) is 0 Å². The standard InChI is InChI=1S/C21H23ClO8S/c22-14-3-2-12(21-20(26)19(25)18(24)16(10-23)30-21)9-13(14)7-11-1-4-15-17(8-11)31(27,28)6-5-29-15/h1-4,8-9,16,18-21,23-26H,5-7,10H2. The topological polar surface area (TPSA) is 134 Å². The van der Waals surface area contributed by atoms with Crippen molar-refractivity contribution in [2.75, 3.05) is 19.0 Å². The van der Waals surface area contributed by atoms with Crippen molar-refractivity contribution in [2.45, 2.75) is 41.8 Å². The normalized spacial score (nSPS) is 29.8. The molecule has 0 radical (unpaired) electrons. The summed E-state index contributed by atoms with van der Waals surface area (Å²) in [6.07, 6.45) is -6.02. The van der Waals surface area contributed by atoms with Gasteiger partial charge in [0.25, 0.3) is 0 Å². The summed E-state index contributed by atoms with van der Waals surface area (Å²) in [6, 6.07) is 9.89. The number of halogens is 1. The van der Waals surface area contributed by atoms with E-state index in [1.807, 2.05) is 0 Å². The van der Waals surface area contributed by atoms with Gasteiger partial charge in [-0.25, -0.2) is 8.42 Å². The fourth-order valence-corrected chi connectivity index (χ4v) is 5.37. The third kappa shape index (κ3) is 4.31. The van der Waals surface area contributed by atoms with Gasteiger partial charge in [-0.05, 0) is 41.3 Å². The lowest BCUT2D eigenvalue weighted by atomic mass is 9.90. The molecule has 1 fully saturated rings. The van der Waals surface area contributed by atoms with Crippen molar-refractivity contribution in [1.82, 2.24) is 0 Å². The van der Waals surface area contributed by atoms with E-state index in [0.29, 0.717) is 33.9 Å². The Morgan fingerprint density at radius 1 is 1.03 bits per heavy atom. The highest BCUT2D eigenvalue weighted by Crippen LogP contribution is 2.35. The fourth-order valence-electron chi connectivity index (χ4n) is 3.90. The molecule has 4 rings (SSSR count). The maximum Gasteiger partial charge on any atom is 0.185 e. The number of fused-ring (bicyclic) bond motifs is 1. The van der Waals surface area contributed by atoms with Crippen molar-refractivity contribution in [1.29, 1.82) is 0 Å². The zero-order chi connectivity index (χ0) is 22.3. The van der Waals surface area contributed by atoms with Crippen LogP contribution in [0.15, 0.2) is 41.3 Å². The van der Waals surface area contributed by atoms with E-state index in [9.17, 15) is 28.8 Å². The van der Waals surface area contributed by atoms with Crippen LogP contribution in [0.4, 0.5) is 0 Å². The summed E-state index contributed by atoms with van der Waals surface area (Å²) in [4.78, 5) is 0.150. The van der Waals surface area contributed by atoms with E-state index in [0.717, 1.165) is 0 Å². The molecule has 0 aliphatic carbocycles. The number of ether oxygens (including phenoxy) is 2. The molecule has 2 aromatic rings. The molecule has 1 saturated heterocycles. The largest absolute Gasteiger partial charge is 0.491 e. The van der Waals surface area contributed by atoms with Crippen LogP contribution in [0, 0.1) is 0 Å². The minimum Gasteiger partial charge on any atom is -0.491 e. The average Bonchev–Trinajstić information content (AvgIpc) is 2.74. The highest BCUT2D eigenvalue weighted by molar-refractivity contribution is 7.91. The van der Waals surface area contributed by atoms with Gasteiger partial charge < -0.3 is 29.9 Å². The van der Waals surface area contributed by atoms with Crippen molar-refractivity contribution >= 4 is 21.4 Å². The van der Waals surface area contributed by atoms with Gasteiger partial charge in [-0.2, -0.15) is 0 Å². The number of rotatable bonds is 4. The number of benzene rings is 2. The first-order chi connectivity index (χ1) is 14.7. The Morgan fingerprint density at radius 3 is 2.55 bits per heavy atom. The summed E-state index contributed by atoms with van der Waals surface area (Å²) in [5.74, 6) is 0.257. The van der Waals surface area contributed by atoms with E-state index in [2.05, 4.69) is 0 Å². The van der Waals surface area contributed by atoms with Crippen LogP contribution in [-0.4, -0.2) is 72.2 Å². The molecule has 5 unspecified atom stereocenters. The lowest BCUT2D eigenvalue weighted by molar-refractivity contribution is -0.231. The van der Waals surface area contributed by atoms with Crippen LogP contribution in [0.25, 0.3) is 0 Å². The van der Waals surface area contributed by atoms with E-state index in [1.54, 1.807) is 36.4 Å². The van der Waals surface area contributed by atoms with Crippen LogP contribution in [0.3, 0.4) is 0 Å². The van der Waals surface area contributed by atoms with Gasteiger partial charge in [0, 0.05) is 5.02 Å². The fraction of sp³-hybridized carbons (Fsp3) is 0.429. The molecule has 0 aromatic heterocycles. The third-order valence-electron chi connectivity index (χ3n) is 5.64. The van der Waals surface area contributed by atoms with Crippen molar-refractivity contribution < 1.29 is 38.3 Å². The zero-order valence-electron chi connectivity index (χ0n) is 16.4. The molecule has 0 saturated carbocycles. The van der Waals surface area contributed by atoms with Gasteiger partial charge in [0.05, 0.1) is 12.4 Å². The summed E-state index contributed by atoms with van der Waals surface area (Å²) >= 11 is 6.35. The number of aliphatic hydroxyl groups is 4. The Labute approximate surface area is 184 Å².